The van der Waals surface area contributed by atoms with Gasteiger partial charge in [0, 0.05) is 51.5 Å². The molecule has 2 aromatic rings. The van der Waals surface area contributed by atoms with Crippen molar-refractivity contribution in [2.75, 3.05) is 44.6 Å². The van der Waals surface area contributed by atoms with Gasteiger partial charge < -0.3 is 21.3 Å². The summed E-state index contributed by atoms with van der Waals surface area (Å²) in [6.07, 6.45) is 3.72. The van der Waals surface area contributed by atoms with E-state index in [1.165, 1.54) is 10.1 Å². The molecular formula is C27H41ClN8O3. The van der Waals surface area contributed by atoms with Gasteiger partial charge in [0.25, 0.3) is 0 Å². The number of carbonyl (C=O) groups is 2. The molecule has 2 aliphatic heterocycles. The van der Waals surface area contributed by atoms with Crippen molar-refractivity contribution in [3.05, 3.63) is 52.6 Å². The number of piperazine rings is 1. The number of likely N-dealkylation sites (tertiary alicyclic amines) is 1. The van der Waals surface area contributed by atoms with E-state index in [2.05, 4.69) is 22.1 Å². The van der Waals surface area contributed by atoms with Crippen molar-refractivity contribution < 1.29 is 9.59 Å². The van der Waals surface area contributed by atoms with Crippen LogP contribution in [0.3, 0.4) is 0 Å². The second-order valence-electron chi connectivity index (χ2n) is 10.9. The van der Waals surface area contributed by atoms with E-state index in [1.54, 1.807) is 35.9 Å². The number of nitrogens with zero attached hydrogens (tertiary/aromatic N) is 5. The summed E-state index contributed by atoms with van der Waals surface area (Å²) in [4.78, 5) is 47.5. The molecule has 39 heavy (non-hydrogen) atoms. The smallest absolute Gasteiger partial charge is 0.338 e. The maximum absolute atomic E-state index is 12.7. The van der Waals surface area contributed by atoms with Crippen molar-refractivity contribution in [3.8, 4) is 5.69 Å². The molecule has 0 bridgehead atoms. The van der Waals surface area contributed by atoms with Crippen molar-refractivity contribution in [1.29, 1.82) is 0 Å². The Labute approximate surface area is 235 Å². The number of hydrogen-bond acceptors (Lipinski definition) is 7. The fraction of sp³-hybridized carbons (Fsp3) is 0.556. The molecule has 2 saturated heterocycles. The molecule has 214 valence electrons. The first-order chi connectivity index (χ1) is 18.0. The van der Waals surface area contributed by atoms with E-state index in [0.717, 1.165) is 32.5 Å². The summed E-state index contributed by atoms with van der Waals surface area (Å²) in [5.41, 5.74) is 12.6. The molecule has 1 aromatic heterocycles. The number of rotatable bonds is 6. The Morgan fingerprint density at radius 2 is 1.69 bits per heavy atom. The Balaban J connectivity index is 0.00000420. The molecule has 3 amide bonds. The maximum Gasteiger partial charge on any atom is 0.354 e. The van der Waals surface area contributed by atoms with E-state index in [0.29, 0.717) is 37.8 Å². The molecular weight excluding hydrogens is 520 g/mol. The number of anilines is 1. The molecule has 2 fully saturated rings. The molecule has 0 aliphatic carbocycles. The molecule has 1 aromatic carbocycles. The van der Waals surface area contributed by atoms with Crippen LogP contribution < -0.4 is 22.5 Å². The van der Waals surface area contributed by atoms with Gasteiger partial charge in [0.2, 0.25) is 5.91 Å². The van der Waals surface area contributed by atoms with Gasteiger partial charge >= 0.3 is 11.7 Å². The number of nitrogens with one attached hydrogen (secondary N) is 1. The Hall–Kier alpha value is -2.99. The Morgan fingerprint density at radius 1 is 1.05 bits per heavy atom. The van der Waals surface area contributed by atoms with Gasteiger partial charge in [0.05, 0.1) is 11.2 Å². The van der Waals surface area contributed by atoms with Crippen LogP contribution in [0, 0.1) is 5.92 Å². The van der Waals surface area contributed by atoms with Gasteiger partial charge in [0.15, 0.2) is 0 Å². The zero-order chi connectivity index (χ0) is 27.4. The van der Waals surface area contributed by atoms with Gasteiger partial charge in [-0.1, -0.05) is 25.5 Å². The van der Waals surface area contributed by atoms with E-state index in [9.17, 15) is 14.4 Å². The molecule has 0 saturated carbocycles. The van der Waals surface area contributed by atoms with Crippen LogP contribution in [-0.2, 0) is 11.3 Å². The molecule has 0 radical (unpaired) electrons. The van der Waals surface area contributed by atoms with E-state index >= 15 is 0 Å². The average molecular weight is 561 g/mol. The highest BCUT2D eigenvalue weighted by Crippen LogP contribution is 2.21. The van der Waals surface area contributed by atoms with E-state index in [-0.39, 0.29) is 36.2 Å². The Bertz CT molecular complexity index is 1190. The van der Waals surface area contributed by atoms with Crippen LogP contribution in [0.4, 0.5) is 10.6 Å². The number of halogens is 1. The fourth-order valence-corrected chi connectivity index (χ4v) is 5.10. The number of benzene rings is 1. The van der Waals surface area contributed by atoms with Gasteiger partial charge in [-0.15, -0.1) is 12.4 Å². The summed E-state index contributed by atoms with van der Waals surface area (Å²) < 4.78 is 1.45. The predicted octanol–water partition coefficient (Wildman–Crippen LogP) is 1.63. The highest BCUT2D eigenvalue weighted by Gasteiger charge is 2.31. The molecule has 11 nitrogen and oxygen atoms in total. The molecule has 0 spiro atoms. The van der Waals surface area contributed by atoms with E-state index < -0.39 is 11.2 Å². The first-order valence-corrected chi connectivity index (χ1v) is 13.4. The zero-order valence-electron chi connectivity index (χ0n) is 23.0. The third-order valence-electron chi connectivity index (χ3n) is 7.47. The quantitative estimate of drug-likeness (QED) is 0.487. The normalized spacial score (nSPS) is 20.3. The largest absolute Gasteiger partial charge is 0.354 e. The number of hydrogen-bond donors (Lipinski definition) is 3. The third-order valence-corrected chi connectivity index (χ3v) is 7.47. The topological polar surface area (TPSA) is 143 Å². The molecule has 5 N–H and O–H groups in total. The lowest BCUT2D eigenvalue weighted by Crippen LogP contribution is -2.58. The number of piperidine rings is 1. The van der Waals surface area contributed by atoms with Crippen LogP contribution in [0.5, 0.6) is 0 Å². The van der Waals surface area contributed by atoms with Gasteiger partial charge in [0.1, 0.15) is 5.82 Å². The van der Waals surface area contributed by atoms with Crippen molar-refractivity contribution >= 4 is 30.2 Å². The van der Waals surface area contributed by atoms with Gasteiger partial charge in [-0.25, -0.2) is 9.59 Å². The summed E-state index contributed by atoms with van der Waals surface area (Å²) >= 11 is 0. The van der Waals surface area contributed by atoms with Gasteiger partial charge in [-0.3, -0.25) is 19.6 Å². The zero-order valence-corrected chi connectivity index (χ0v) is 23.8. The molecule has 3 heterocycles. The molecule has 12 heteroatoms. The Morgan fingerprint density at radius 3 is 2.28 bits per heavy atom. The predicted molar refractivity (Wildman–Crippen MR) is 154 cm³/mol. The van der Waals surface area contributed by atoms with Gasteiger partial charge in [-0.05, 0) is 56.5 Å². The van der Waals surface area contributed by atoms with Crippen molar-refractivity contribution in [1.82, 2.24) is 24.3 Å². The molecule has 0 unspecified atom stereocenters. The number of amides is 3. The van der Waals surface area contributed by atoms with Crippen LogP contribution >= 0.6 is 12.4 Å². The molecule has 2 aliphatic rings. The summed E-state index contributed by atoms with van der Waals surface area (Å²) in [5, 5.41) is 2.69. The highest BCUT2D eigenvalue weighted by molar-refractivity contribution is 5.89. The number of urea groups is 1. The second-order valence-corrected chi connectivity index (χ2v) is 10.9. The minimum Gasteiger partial charge on any atom is -0.338 e. The fourth-order valence-electron chi connectivity index (χ4n) is 5.10. The lowest BCUT2D eigenvalue weighted by atomic mass is 9.90. The monoisotopic (exact) mass is 560 g/mol. The Kier molecular flexibility index (Phi) is 10.1. The molecule has 2 atom stereocenters. The minimum atomic E-state index is -0.946. The van der Waals surface area contributed by atoms with E-state index in [4.69, 9.17) is 11.5 Å². The van der Waals surface area contributed by atoms with Crippen molar-refractivity contribution in [2.24, 2.45) is 17.4 Å². The standard InChI is InChI=1S/C27H40N8O3.ClH/c1-4-20-18-32(11-9-22(20)28)17-19-5-7-21(8-6-19)35-12-10-23(31-26(35)38)30-25(37)34-15-13-33(14-16-34)24(36)27(2,3)29;/h5-8,10,12,20,22H,4,9,11,13-18,28-29H2,1-3H3,(H,30,31,37,38);1H/t20-,22-;/m0./s1. The SMILES string of the molecule is CC[C@H]1CN(Cc2ccc(-n3ccc(NC(=O)N4CCN(C(=O)C(C)(C)N)CC4)nc3=O)cc2)CC[C@@H]1N.Cl. The number of carbonyl (C=O) groups excluding carboxylic acids is 2. The van der Waals surface area contributed by atoms with E-state index in [1.807, 2.05) is 24.3 Å². The number of nitrogens with two attached hydrogens (primary N) is 2. The number of aromatic nitrogens is 2. The lowest BCUT2D eigenvalue weighted by molar-refractivity contribution is -0.137. The molecule has 4 rings (SSSR count). The van der Waals surface area contributed by atoms with Crippen LogP contribution in [0.1, 0.15) is 39.2 Å². The summed E-state index contributed by atoms with van der Waals surface area (Å²) in [5.74, 6) is 0.574. The second kappa shape index (κ2) is 12.9. The third kappa shape index (κ3) is 7.57. The highest BCUT2D eigenvalue weighted by atomic mass is 35.5. The van der Waals surface area contributed by atoms with Crippen LogP contribution in [0.2, 0.25) is 0 Å². The van der Waals surface area contributed by atoms with Crippen LogP contribution in [-0.4, -0.2) is 87.0 Å². The van der Waals surface area contributed by atoms with Gasteiger partial charge in [-0.2, -0.15) is 4.98 Å². The lowest BCUT2D eigenvalue weighted by Gasteiger charge is -2.37. The van der Waals surface area contributed by atoms with Crippen LogP contribution in [0.25, 0.3) is 5.69 Å². The summed E-state index contributed by atoms with van der Waals surface area (Å²) in [6.45, 7) is 9.96. The average Bonchev–Trinajstić information content (AvgIpc) is 2.89. The summed E-state index contributed by atoms with van der Waals surface area (Å²) in [6, 6.07) is 9.41. The maximum atomic E-state index is 12.7. The van der Waals surface area contributed by atoms with Crippen LogP contribution in [0.15, 0.2) is 41.3 Å². The first-order valence-electron chi connectivity index (χ1n) is 13.4. The van der Waals surface area contributed by atoms with Crippen molar-refractivity contribution in [2.45, 2.75) is 51.7 Å². The minimum absolute atomic E-state index is 0. The first kappa shape index (κ1) is 30.6. The summed E-state index contributed by atoms with van der Waals surface area (Å²) in [7, 11) is 0. The van der Waals surface area contributed by atoms with Crippen molar-refractivity contribution in [3.63, 3.8) is 0 Å².